The molecule has 16 heavy (non-hydrogen) atoms. The number of hydrogen-bond donors (Lipinski definition) is 0. The van der Waals surface area contributed by atoms with Gasteiger partial charge in [0.1, 0.15) is 11.9 Å². The van der Waals surface area contributed by atoms with Crippen LogP contribution < -0.4 is 4.74 Å². The van der Waals surface area contributed by atoms with Gasteiger partial charge in [0.25, 0.3) is 0 Å². The predicted molar refractivity (Wildman–Crippen MR) is 62.7 cm³/mol. The van der Waals surface area contributed by atoms with Gasteiger partial charge in [-0.1, -0.05) is 12.7 Å². The van der Waals surface area contributed by atoms with Crippen molar-refractivity contribution >= 4 is 5.97 Å². The van der Waals surface area contributed by atoms with Crippen molar-refractivity contribution in [3.8, 4) is 5.75 Å². The summed E-state index contributed by atoms with van der Waals surface area (Å²) in [5.74, 6) is 0.395. The Morgan fingerprint density at radius 2 is 2.06 bits per heavy atom. The Morgan fingerprint density at radius 3 is 2.56 bits per heavy atom. The molecule has 1 unspecified atom stereocenters. The second kappa shape index (κ2) is 5.95. The van der Waals surface area contributed by atoms with E-state index in [1.165, 1.54) is 0 Å². The number of benzene rings is 1. The van der Waals surface area contributed by atoms with Gasteiger partial charge in [-0.3, -0.25) is 0 Å². The van der Waals surface area contributed by atoms with E-state index < -0.39 is 0 Å². The average molecular weight is 220 g/mol. The minimum atomic E-state index is -0.314. The number of esters is 1. The van der Waals surface area contributed by atoms with Gasteiger partial charge in [0.15, 0.2) is 0 Å². The Labute approximate surface area is 95.7 Å². The number of carbonyl (C=O) groups excluding carboxylic acids is 1. The van der Waals surface area contributed by atoms with Crippen LogP contribution in [-0.2, 0) is 4.74 Å². The molecule has 0 heterocycles. The van der Waals surface area contributed by atoms with E-state index in [1.54, 1.807) is 37.3 Å². The SMILES string of the molecule is C=CC(C)Oc1ccc(C(=O)OCC)cc1. The molecule has 0 aromatic heterocycles. The fraction of sp³-hybridized carbons (Fsp3) is 0.308. The lowest BCUT2D eigenvalue weighted by atomic mass is 10.2. The van der Waals surface area contributed by atoms with Crippen LogP contribution in [0.1, 0.15) is 24.2 Å². The predicted octanol–water partition coefficient (Wildman–Crippen LogP) is 2.82. The molecule has 3 nitrogen and oxygen atoms in total. The molecule has 0 aliphatic carbocycles. The Morgan fingerprint density at radius 1 is 1.44 bits per heavy atom. The highest BCUT2D eigenvalue weighted by atomic mass is 16.5. The summed E-state index contributed by atoms with van der Waals surface area (Å²) in [5.41, 5.74) is 0.528. The van der Waals surface area contributed by atoms with Gasteiger partial charge in [-0.25, -0.2) is 4.79 Å². The summed E-state index contributed by atoms with van der Waals surface area (Å²) in [7, 11) is 0. The van der Waals surface area contributed by atoms with E-state index in [1.807, 2.05) is 6.92 Å². The van der Waals surface area contributed by atoms with E-state index in [0.29, 0.717) is 17.9 Å². The number of hydrogen-bond acceptors (Lipinski definition) is 3. The van der Waals surface area contributed by atoms with Crippen molar-refractivity contribution in [2.45, 2.75) is 20.0 Å². The molecular weight excluding hydrogens is 204 g/mol. The zero-order chi connectivity index (χ0) is 12.0. The van der Waals surface area contributed by atoms with E-state index in [-0.39, 0.29) is 12.1 Å². The van der Waals surface area contributed by atoms with Crippen LogP contribution in [0.5, 0.6) is 5.75 Å². The molecule has 86 valence electrons. The molecule has 0 saturated heterocycles. The van der Waals surface area contributed by atoms with Gasteiger partial charge < -0.3 is 9.47 Å². The zero-order valence-electron chi connectivity index (χ0n) is 9.60. The van der Waals surface area contributed by atoms with Crippen molar-refractivity contribution in [3.05, 3.63) is 42.5 Å². The first-order valence-corrected chi connectivity index (χ1v) is 5.23. The van der Waals surface area contributed by atoms with Crippen LogP contribution in [0.4, 0.5) is 0 Å². The fourth-order valence-corrected chi connectivity index (χ4v) is 1.15. The van der Waals surface area contributed by atoms with Crippen LogP contribution in [0.3, 0.4) is 0 Å². The van der Waals surface area contributed by atoms with Crippen molar-refractivity contribution in [3.63, 3.8) is 0 Å². The van der Waals surface area contributed by atoms with Gasteiger partial charge in [-0.05, 0) is 38.1 Å². The highest BCUT2D eigenvalue weighted by molar-refractivity contribution is 5.89. The summed E-state index contributed by atoms with van der Waals surface area (Å²) >= 11 is 0. The van der Waals surface area contributed by atoms with Crippen LogP contribution in [0.15, 0.2) is 36.9 Å². The van der Waals surface area contributed by atoms with Gasteiger partial charge in [-0.2, -0.15) is 0 Å². The first-order valence-electron chi connectivity index (χ1n) is 5.23. The Bertz CT molecular complexity index is 354. The normalized spacial score (nSPS) is 11.6. The maximum atomic E-state index is 11.4. The summed E-state index contributed by atoms with van der Waals surface area (Å²) < 4.78 is 10.4. The average Bonchev–Trinajstić information content (AvgIpc) is 2.30. The first-order chi connectivity index (χ1) is 7.67. The van der Waals surface area contributed by atoms with Gasteiger partial charge in [-0.15, -0.1) is 0 Å². The molecule has 0 aliphatic rings. The highest BCUT2D eigenvalue weighted by Gasteiger charge is 2.06. The second-order valence-electron chi connectivity index (χ2n) is 3.30. The van der Waals surface area contributed by atoms with Gasteiger partial charge in [0, 0.05) is 0 Å². The summed E-state index contributed by atoms with van der Waals surface area (Å²) in [6.45, 7) is 7.68. The monoisotopic (exact) mass is 220 g/mol. The van der Waals surface area contributed by atoms with Crippen molar-refractivity contribution in [2.24, 2.45) is 0 Å². The molecule has 0 saturated carbocycles. The Balaban J connectivity index is 2.67. The van der Waals surface area contributed by atoms with E-state index >= 15 is 0 Å². The lowest BCUT2D eigenvalue weighted by Crippen LogP contribution is -2.08. The Kier molecular flexibility index (Phi) is 4.58. The van der Waals surface area contributed by atoms with Gasteiger partial charge in [0.05, 0.1) is 12.2 Å². The van der Waals surface area contributed by atoms with E-state index in [0.717, 1.165) is 0 Å². The lowest BCUT2D eigenvalue weighted by molar-refractivity contribution is 0.0526. The molecule has 0 fully saturated rings. The first kappa shape index (κ1) is 12.3. The molecule has 0 aliphatic heterocycles. The molecule has 1 aromatic carbocycles. The number of rotatable bonds is 5. The van der Waals surface area contributed by atoms with E-state index in [2.05, 4.69) is 6.58 Å². The fourth-order valence-electron chi connectivity index (χ4n) is 1.15. The zero-order valence-corrected chi connectivity index (χ0v) is 9.60. The maximum absolute atomic E-state index is 11.4. The molecular formula is C13H16O3. The smallest absolute Gasteiger partial charge is 0.338 e. The summed E-state index contributed by atoms with van der Waals surface area (Å²) in [5, 5.41) is 0. The van der Waals surface area contributed by atoms with Crippen LogP contribution >= 0.6 is 0 Å². The third-order valence-electron chi connectivity index (χ3n) is 2.02. The largest absolute Gasteiger partial charge is 0.487 e. The van der Waals surface area contributed by atoms with Crippen LogP contribution in [0, 0.1) is 0 Å². The number of ether oxygens (including phenoxy) is 2. The van der Waals surface area contributed by atoms with Gasteiger partial charge >= 0.3 is 5.97 Å². The van der Waals surface area contributed by atoms with Crippen LogP contribution in [0.2, 0.25) is 0 Å². The molecule has 0 bridgehead atoms. The Hall–Kier alpha value is -1.77. The van der Waals surface area contributed by atoms with Crippen molar-refractivity contribution < 1.29 is 14.3 Å². The standard InChI is InChI=1S/C13H16O3/c1-4-10(3)16-12-8-6-11(7-9-12)13(14)15-5-2/h4,6-10H,1,5H2,2-3H3. The molecule has 0 spiro atoms. The molecule has 0 amide bonds. The third-order valence-corrected chi connectivity index (χ3v) is 2.02. The maximum Gasteiger partial charge on any atom is 0.338 e. The third kappa shape index (κ3) is 3.42. The highest BCUT2D eigenvalue weighted by Crippen LogP contribution is 2.14. The molecule has 3 heteroatoms. The minimum absolute atomic E-state index is 0.0477. The summed E-state index contributed by atoms with van der Waals surface area (Å²) in [4.78, 5) is 11.4. The topological polar surface area (TPSA) is 35.5 Å². The van der Waals surface area contributed by atoms with Gasteiger partial charge in [0.2, 0.25) is 0 Å². The minimum Gasteiger partial charge on any atom is -0.487 e. The van der Waals surface area contributed by atoms with Crippen molar-refractivity contribution in [1.29, 1.82) is 0 Å². The van der Waals surface area contributed by atoms with Crippen LogP contribution in [-0.4, -0.2) is 18.7 Å². The van der Waals surface area contributed by atoms with Crippen LogP contribution in [0.25, 0.3) is 0 Å². The van der Waals surface area contributed by atoms with E-state index in [9.17, 15) is 4.79 Å². The second-order valence-corrected chi connectivity index (χ2v) is 3.30. The number of carbonyl (C=O) groups is 1. The summed E-state index contributed by atoms with van der Waals surface area (Å²) in [6, 6.07) is 6.85. The molecule has 1 rings (SSSR count). The molecule has 1 aromatic rings. The van der Waals surface area contributed by atoms with Crippen molar-refractivity contribution in [2.75, 3.05) is 6.61 Å². The van der Waals surface area contributed by atoms with Crippen molar-refractivity contribution in [1.82, 2.24) is 0 Å². The molecule has 1 atom stereocenters. The molecule has 0 N–H and O–H groups in total. The lowest BCUT2D eigenvalue weighted by Gasteiger charge is -2.10. The summed E-state index contributed by atoms with van der Waals surface area (Å²) in [6.07, 6.45) is 1.66. The quantitative estimate of drug-likeness (QED) is 0.565. The molecule has 0 radical (unpaired) electrons. The van der Waals surface area contributed by atoms with E-state index in [4.69, 9.17) is 9.47 Å².